The maximum absolute atomic E-state index is 12.8. The number of amides is 1. The van der Waals surface area contributed by atoms with Gasteiger partial charge in [0.15, 0.2) is 11.3 Å². The Morgan fingerprint density at radius 1 is 1.16 bits per heavy atom. The predicted octanol–water partition coefficient (Wildman–Crippen LogP) is 2.08. The van der Waals surface area contributed by atoms with Crippen molar-refractivity contribution in [3.8, 4) is 17.0 Å². The van der Waals surface area contributed by atoms with E-state index in [1.807, 2.05) is 31.2 Å². The molecule has 3 N–H and O–H groups in total. The van der Waals surface area contributed by atoms with Crippen molar-refractivity contribution in [3.63, 3.8) is 0 Å². The monoisotopic (exact) mass is 419 g/mol. The molecule has 0 saturated heterocycles. The Bertz CT molecular complexity index is 1220. The van der Waals surface area contributed by atoms with Gasteiger partial charge in [0.25, 0.3) is 5.91 Å². The second-order valence-corrected chi connectivity index (χ2v) is 6.89. The van der Waals surface area contributed by atoms with Crippen molar-refractivity contribution in [1.82, 2.24) is 19.6 Å². The summed E-state index contributed by atoms with van der Waals surface area (Å²) >= 11 is 0. The molecule has 4 aromatic rings. The number of aromatic nitrogens is 4. The van der Waals surface area contributed by atoms with Crippen molar-refractivity contribution < 1.29 is 19.7 Å². The number of nitrogens with one attached hydrogen (secondary N) is 1. The first-order valence-electron chi connectivity index (χ1n) is 9.66. The van der Waals surface area contributed by atoms with Crippen LogP contribution < -0.4 is 10.1 Å². The molecule has 0 aliphatic heterocycles. The Morgan fingerprint density at radius 2 is 2.00 bits per heavy atom. The number of anilines is 1. The van der Waals surface area contributed by atoms with Crippen LogP contribution in [0.15, 0.2) is 60.8 Å². The fourth-order valence-electron chi connectivity index (χ4n) is 3.01. The van der Waals surface area contributed by atoms with Crippen molar-refractivity contribution in [2.45, 2.75) is 13.0 Å². The first kappa shape index (κ1) is 20.5. The van der Waals surface area contributed by atoms with Gasteiger partial charge in [0.05, 0.1) is 18.5 Å². The van der Waals surface area contributed by atoms with E-state index in [9.17, 15) is 9.90 Å². The number of nitrogens with zero attached hydrogens (tertiary/aromatic N) is 4. The second kappa shape index (κ2) is 8.90. The molecule has 1 unspecified atom stereocenters. The van der Waals surface area contributed by atoms with Crippen molar-refractivity contribution in [1.29, 1.82) is 0 Å². The van der Waals surface area contributed by atoms with Crippen LogP contribution in [-0.2, 0) is 0 Å². The van der Waals surface area contributed by atoms with Gasteiger partial charge in [-0.1, -0.05) is 18.2 Å². The number of para-hydroxylation sites is 1. The van der Waals surface area contributed by atoms with Gasteiger partial charge < -0.3 is 20.3 Å². The number of hydrogen-bond donors (Lipinski definition) is 3. The minimum Gasteiger partial charge on any atom is -0.490 e. The van der Waals surface area contributed by atoms with Crippen molar-refractivity contribution >= 4 is 17.4 Å². The number of carbonyl (C=O) groups excluding carboxylic acids is 1. The number of aryl methyl sites for hydroxylation is 1. The van der Waals surface area contributed by atoms with Gasteiger partial charge in [0.2, 0.25) is 0 Å². The van der Waals surface area contributed by atoms with Gasteiger partial charge in [0.1, 0.15) is 24.3 Å². The number of imidazole rings is 1. The lowest BCUT2D eigenvalue weighted by Gasteiger charge is -2.13. The largest absolute Gasteiger partial charge is 0.490 e. The van der Waals surface area contributed by atoms with Gasteiger partial charge in [0, 0.05) is 11.3 Å². The van der Waals surface area contributed by atoms with E-state index in [1.165, 1.54) is 10.7 Å². The molecule has 0 radical (unpaired) electrons. The highest BCUT2D eigenvalue weighted by Gasteiger charge is 2.16. The Labute approximate surface area is 178 Å². The van der Waals surface area contributed by atoms with E-state index in [0.29, 0.717) is 28.5 Å². The zero-order chi connectivity index (χ0) is 21.8. The molecule has 0 bridgehead atoms. The van der Waals surface area contributed by atoms with Gasteiger partial charge in [-0.15, -0.1) is 0 Å². The Balaban J connectivity index is 1.65. The lowest BCUT2D eigenvalue weighted by molar-refractivity contribution is 0.0538. The zero-order valence-electron chi connectivity index (χ0n) is 16.8. The molecule has 1 atom stereocenters. The maximum Gasteiger partial charge on any atom is 0.277 e. The molecule has 1 amide bonds. The van der Waals surface area contributed by atoms with E-state index in [1.54, 1.807) is 30.3 Å². The molecule has 3 heterocycles. The number of ether oxygens (including phenoxy) is 1. The van der Waals surface area contributed by atoms with Gasteiger partial charge in [-0.05, 0) is 43.3 Å². The Hall–Kier alpha value is -3.82. The molecular weight excluding hydrogens is 398 g/mol. The Morgan fingerprint density at radius 3 is 2.81 bits per heavy atom. The topological polar surface area (TPSA) is 122 Å². The third kappa shape index (κ3) is 4.52. The molecule has 3 aromatic heterocycles. The van der Waals surface area contributed by atoms with Gasteiger partial charge >= 0.3 is 0 Å². The fourth-order valence-corrected chi connectivity index (χ4v) is 3.01. The molecule has 1 aromatic carbocycles. The summed E-state index contributed by atoms with van der Waals surface area (Å²) in [5.41, 5.74) is 2.80. The minimum atomic E-state index is -0.984. The van der Waals surface area contributed by atoms with Crippen LogP contribution in [-0.4, -0.2) is 55.0 Å². The van der Waals surface area contributed by atoms with Crippen molar-refractivity contribution in [3.05, 3.63) is 72.2 Å². The summed E-state index contributed by atoms with van der Waals surface area (Å²) in [5.74, 6) is 0.556. The first-order chi connectivity index (χ1) is 15.0. The fraction of sp³-hybridized carbons (Fsp3) is 0.182. The van der Waals surface area contributed by atoms with Crippen LogP contribution in [0, 0.1) is 6.92 Å². The number of carbonyl (C=O) groups is 1. The first-order valence-corrected chi connectivity index (χ1v) is 9.66. The molecule has 158 valence electrons. The van der Waals surface area contributed by atoms with Crippen LogP contribution in [0.4, 0.5) is 5.82 Å². The maximum atomic E-state index is 12.8. The van der Waals surface area contributed by atoms with E-state index in [-0.39, 0.29) is 18.2 Å². The zero-order valence-corrected chi connectivity index (χ0v) is 16.8. The molecule has 9 heteroatoms. The highest BCUT2D eigenvalue weighted by atomic mass is 16.5. The molecule has 0 aliphatic carbocycles. The standard InChI is InChI=1S/C22H21N5O4/c1-14-5-4-8-20(24-14)25-22(30)18-11-23-21-10-9-17(26-27(18)21)16-6-2-3-7-19(16)31-13-15(29)12-28/h2-11,15,28-29H,12-13H2,1H3,(H,24,25,30). The lowest BCUT2D eigenvalue weighted by Crippen LogP contribution is -2.21. The molecule has 0 spiro atoms. The molecule has 0 fully saturated rings. The van der Waals surface area contributed by atoms with E-state index in [4.69, 9.17) is 9.84 Å². The van der Waals surface area contributed by atoms with Crippen LogP contribution in [0.3, 0.4) is 0 Å². The number of benzene rings is 1. The molecule has 0 saturated carbocycles. The number of rotatable bonds is 7. The van der Waals surface area contributed by atoms with Crippen molar-refractivity contribution in [2.24, 2.45) is 0 Å². The van der Waals surface area contributed by atoms with Gasteiger partial charge in [-0.3, -0.25) is 4.79 Å². The van der Waals surface area contributed by atoms with E-state index in [2.05, 4.69) is 20.4 Å². The third-order valence-corrected chi connectivity index (χ3v) is 4.53. The summed E-state index contributed by atoms with van der Waals surface area (Å²) in [6, 6.07) is 16.1. The molecular formula is C22H21N5O4. The minimum absolute atomic E-state index is 0.0576. The summed E-state index contributed by atoms with van der Waals surface area (Å²) in [6.45, 7) is 1.39. The highest BCUT2D eigenvalue weighted by molar-refractivity contribution is 6.02. The quantitative estimate of drug-likeness (QED) is 0.419. The Kier molecular flexibility index (Phi) is 5.87. The van der Waals surface area contributed by atoms with Crippen LogP contribution in [0.1, 0.15) is 16.2 Å². The highest BCUT2D eigenvalue weighted by Crippen LogP contribution is 2.28. The SMILES string of the molecule is Cc1cccc(NC(=O)c2cnc3ccc(-c4ccccc4OCC(O)CO)nn23)n1. The third-order valence-electron chi connectivity index (χ3n) is 4.53. The lowest BCUT2D eigenvalue weighted by atomic mass is 10.1. The second-order valence-electron chi connectivity index (χ2n) is 6.89. The van der Waals surface area contributed by atoms with Crippen LogP contribution in [0.25, 0.3) is 16.9 Å². The van der Waals surface area contributed by atoms with Gasteiger partial charge in [-0.2, -0.15) is 5.10 Å². The van der Waals surface area contributed by atoms with E-state index < -0.39 is 12.7 Å². The number of hydrogen-bond acceptors (Lipinski definition) is 7. The average Bonchev–Trinajstić information content (AvgIpc) is 3.21. The number of pyridine rings is 1. The summed E-state index contributed by atoms with van der Waals surface area (Å²) in [5, 5.41) is 25.9. The smallest absolute Gasteiger partial charge is 0.277 e. The van der Waals surface area contributed by atoms with Crippen molar-refractivity contribution in [2.75, 3.05) is 18.5 Å². The van der Waals surface area contributed by atoms with E-state index >= 15 is 0 Å². The summed E-state index contributed by atoms with van der Waals surface area (Å²) in [7, 11) is 0. The predicted molar refractivity (Wildman–Crippen MR) is 114 cm³/mol. The molecule has 4 rings (SSSR count). The van der Waals surface area contributed by atoms with Crippen LogP contribution in [0.2, 0.25) is 0 Å². The van der Waals surface area contributed by atoms with Crippen LogP contribution in [0.5, 0.6) is 5.75 Å². The number of aliphatic hydroxyl groups is 2. The summed E-state index contributed by atoms with van der Waals surface area (Å²) in [4.78, 5) is 21.3. The summed E-state index contributed by atoms with van der Waals surface area (Å²) in [6.07, 6.45) is 0.472. The molecule has 31 heavy (non-hydrogen) atoms. The average molecular weight is 419 g/mol. The number of aliphatic hydroxyl groups excluding tert-OH is 2. The molecule has 0 aliphatic rings. The van der Waals surface area contributed by atoms with Gasteiger partial charge in [-0.25, -0.2) is 14.5 Å². The van der Waals surface area contributed by atoms with Crippen LogP contribution >= 0.6 is 0 Å². The number of fused-ring (bicyclic) bond motifs is 1. The summed E-state index contributed by atoms with van der Waals surface area (Å²) < 4.78 is 7.10. The van der Waals surface area contributed by atoms with E-state index in [0.717, 1.165) is 5.69 Å². The normalized spacial score (nSPS) is 12.0. The molecule has 9 nitrogen and oxygen atoms in total.